The molecule has 2 rings (SSSR count). The Morgan fingerprint density at radius 1 is 1.39 bits per heavy atom. The second-order valence-corrected chi connectivity index (χ2v) is 5.05. The number of hydrogen-bond donors (Lipinski definition) is 1. The molecule has 4 heteroatoms. The summed E-state index contributed by atoms with van der Waals surface area (Å²) < 4.78 is 5.74. The van der Waals surface area contributed by atoms with E-state index in [0.29, 0.717) is 6.61 Å². The quantitative estimate of drug-likeness (QED) is 0.778. The van der Waals surface area contributed by atoms with Crippen molar-refractivity contribution in [2.45, 2.75) is 26.5 Å². The number of ether oxygens (including phenoxy) is 1. The van der Waals surface area contributed by atoms with Crippen molar-refractivity contribution >= 4 is 11.3 Å². The summed E-state index contributed by atoms with van der Waals surface area (Å²) in [6, 6.07) is 8.22. The van der Waals surface area contributed by atoms with Crippen LogP contribution in [0.5, 0.6) is 5.75 Å². The van der Waals surface area contributed by atoms with E-state index >= 15 is 0 Å². The van der Waals surface area contributed by atoms with Crippen LogP contribution in [0.25, 0.3) is 0 Å². The van der Waals surface area contributed by atoms with Gasteiger partial charge < -0.3 is 10.1 Å². The van der Waals surface area contributed by atoms with E-state index in [0.717, 1.165) is 30.1 Å². The van der Waals surface area contributed by atoms with Crippen LogP contribution < -0.4 is 10.1 Å². The molecule has 18 heavy (non-hydrogen) atoms. The summed E-state index contributed by atoms with van der Waals surface area (Å²) in [6.45, 7) is 4.70. The van der Waals surface area contributed by atoms with Crippen LogP contribution in [-0.4, -0.2) is 11.5 Å². The van der Waals surface area contributed by atoms with Gasteiger partial charge in [-0.1, -0.05) is 19.1 Å². The van der Waals surface area contributed by atoms with Gasteiger partial charge in [0, 0.05) is 12.7 Å². The highest BCUT2D eigenvalue weighted by atomic mass is 32.1. The van der Waals surface area contributed by atoms with E-state index in [-0.39, 0.29) is 0 Å². The summed E-state index contributed by atoms with van der Waals surface area (Å²) in [7, 11) is 0. The van der Waals surface area contributed by atoms with Crippen molar-refractivity contribution in [3.63, 3.8) is 0 Å². The van der Waals surface area contributed by atoms with Crippen LogP contribution >= 0.6 is 11.3 Å². The highest BCUT2D eigenvalue weighted by molar-refractivity contribution is 7.09. The highest BCUT2D eigenvalue weighted by Crippen LogP contribution is 2.16. The molecule has 0 saturated carbocycles. The first-order chi connectivity index (χ1) is 8.88. The number of aromatic nitrogens is 1. The second-order valence-electron chi connectivity index (χ2n) is 4.08. The third kappa shape index (κ3) is 4.13. The predicted molar refractivity (Wildman–Crippen MR) is 74.9 cm³/mol. The monoisotopic (exact) mass is 262 g/mol. The first-order valence-electron chi connectivity index (χ1n) is 6.18. The molecule has 96 valence electrons. The Bertz CT molecular complexity index is 457. The van der Waals surface area contributed by atoms with Crippen molar-refractivity contribution in [1.29, 1.82) is 0 Å². The van der Waals surface area contributed by atoms with E-state index in [2.05, 4.69) is 29.4 Å². The summed E-state index contributed by atoms with van der Waals surface area (Å²) in [6.07, 6.45) is 3.00. The fourth-order valence-electron chi connectivity index (χ4n) is 1.62. The lowest BCUT2D eigenvalue weighted by Crippen LogP contribution is -2.13. The van der Waals surface area contributed by atoms with Gasteiger partial charge in [0.05, 0.1) is 10.4 Å². The Labute approximate surface area is 112 Å². The van der Waals surface area contributed by atoms with Crippen LogP contribution in [0, 0.1) is 0 Å². The van der Waals surface area contributed by atoms with Gasteiger partial charge >= 0.3 is 0 Å². The summed E-state index contributed by atoms with van der Waals surface area (Å²) in [5.74, 6) is 0.916. The van der Waals surface area contributed by atoms with Crippen LogP contribution in [0.3, 0.4) is 0 Å². The molecule has 0 amide bonds. The molecule has 0 unspecified atom stereocenters. The van der Waals surface area contributed by atoms with Crippen molar-refractivity contribution in [3.05, 3.63) is 46.4 Å². The molecule has 0 bridgehead atoms. The Morgan fingerprint density at radius 3 is 3.11 bits per heavy atom. The summed E-state index contributed by atoms with van der Waals surface area (Å²) >= 11 is 1.61. The van der Waals surface area contributed by atoms with E-state index in [1.807, 2.05) is 23.8 Å². The standard InChI is InChI=1S/C14H18N2OS/c1-2-6-15-8-12-4-3-5-13(7-12)17-10-14-9-16-11-18-14/h3-5,7,9,11,15H,2,6,8,10H2,1H3. The molecule has 1 aromatic carbocycles. The van der Waals surface area contributed by atoms with Gasteiger partial charge in [-0.3, -0.25) is 4.98 Å². The number of thiazole rings is 1. The fourth-order valence-corrected chi connectivity index (χ4v) is 2.13. The molecule has 0 atom stereocenters. The van der Waals surface area contributed by atoms with Gasteiger partial charge in [-0.15, -0.1) is 11.3 Å². The zero-order valence-electron chi connectivity index (χ0n) is 10.6. The van der Waals surface area contributed by atoms with Crippen LogP contribution in [-0.2, 0) is 13.2 Å². The largest absolute Gasteiger partial charge is 0.488 e. The summed E-state index contributed by atoms with van der Waals surface area (Å²) in [4.78, 5) is 5.17. The molecule has 0 aliphatic heterocycles. The Hall–Kier alpha value is -1.39. The van der Waals surface area contributed by atoms with Gasteiger partial charge in [0.1, 0.15) is 12.4 Å². The molecule has 1 N–H and O–H groups in total. The SMILES string of the molecule is CCCNCc1cccc(OCc2cncs2)c1. The lowest BCUT2D eigenvalue weighted by molar-refractivity contribution is 0.309. The van der Waals surface area contributed by atoms with Crippen molar-refractivity contribution in [2.75, 3.05) is 6.54 Å². The Morgan fingerprint density at radius 2 is 2.33 bits per heavy atom. The van der Waals surface area contributed by atoms with Crippen molar-refractivity contribution in [1.82, 2.24) is 10.3 Å². The predicted octanol–water partition coefficient (Wildman–Crippen LogP) is 3.22. The normalized spacial score (nSPS) is 10.5. The molecule has 0 radical (unpaired) electrons. The van der Waals surface area contributed by atoms with Crippen molar-refractivity contribution in [2.24, 2.45) is 0 Å². The maximum absolute atomic E-state index is 5.74. The van der Waals surface area contributed by atoms with E-state index in [9.17, 15) is 0 Å². The number of benzene rings is 1. The van der Waals surface area contributed by atoms with Crippen LogP contribution in [0.4, 0.5) is 0 Å². The fraction of sp³-hybridized carbons (Fsp3) is 0.357. The molecule has 0 aliphatic rings. The van der Waals surface area contributed by atoms with Gasteiger partial charge in [-0.2, -0.15) is 0 Å². The number of rotatable bonds is 7. The molecule has 3 nitrogen and oxygen atoms in total. The van der Waals surface area contributed by atoms with Crippen LogP contribution in [0.1, 0.15) is 23.8 Å². The first-order valence-corrected chi connectivity index (χ1v) is 7.06. The molecule has 0 spiro atoms. The zero-order valence-corrected chi connectivity index (χ0v) is 11.4. The Balaban J connectivity index is 1.86. The number of nitrogens with zero attached hydrogens (tertiary/aromatic N) is 1. The lowest BCUT2D eigenvalue weighted by Gasteiger charge is -2.07. The molecular weight excluding hydrogens is 244 g/mol. The number of nitrogens with one attached hydrogen (secondary N) is 1. The smallest absolute Gasteiger partial charge is 0.124 e. The van der Waals surface area contributed by atoms with Gasteiger partial charge in [0.25, 0.3) is 0 Å². The van der Waals surface area contributed by atoms with Crippen molar-refractivity contribution < 1.29 is 4.74 Å². The number of hydrogen-bond acceptors (Lipinski definition) is 4. The topological polar surface area (TPSA) is 34.1 Å². The van der Waals surface area contributed by atoms with E-state index in [1.54, 1.807) is 11.3 Å². The van der Waals surface area contributed by atoms with E-state index < -0.39 is 0 Å². The van der Waals surface area contributed by atoms with Crippen LogP contribution in [0.15, 0.2) is 36.0 Å². The summed E-state index contributed by atoms with van der Waals surface area (Å²) in [5, 5.41) is 3.38. The minimum absolute atomic E-state index is 0.594. The van der Waals surface area contributed by atoms with E-state index in [1.165, 1.54) is 5.56 Å². The van der Waals surface area contributed by atoms with Crippen molar-refractivity contribution in [3.8, 4) is 5.75 Å². The second kappa shape index (κ2) is 7.13. The highest BCUT2D eigenvalue weighted by Gasteiger charge is 1.99. The lowest BCUT2D eigenvalue weighted by atomic mass is 10.2. The van der Waals surface area contributed by atoms with E-state index in [4.69, 9.17) is 4.74 Å². The molecule has 1 heterocycles. The molecule has 0 saturated heterocycles. The average Bonchev–Trinajstić information content (AvgIpc) is 2.90. The molecule has 0 fully saturated rings. The summed E-state index contributed by atoms with van der Waals surface area (Å²) in [5.41, 5.74) is 3.08. The van der Waals surface area contributed by atoms with Gasteiger partial charge in [-0.05, 0) is 30.7 Å². The third-order valence-electron chi connectivity index (χ3n) is 2.52. The third-order valence-corrected chi connectivity index (χ3v) is 3.27. The molecular formula is C14H18N2OS. The molecule has 1 aromatic heterocycles. The average molecular weight is 262 g/mol. The minimum Gasteiger partial charge on any atom is -0.488 e. The first kappa shape index (κ1) is 13.1. The Kier molecular flexibility index (Phi) is 5.17. The van der Waals surface area contributed by atoms with Gasteiger partial charge in [-0.25, -0.2) is 0 Å². The zero-order chi connectivity index (χ0) is 12.6. The van der Waals surface area contributed by atoms with Gasteiger partial charge in [0.15, 0.2) is 0 Å². The maximum atomic E-state index is 5.74. The van der Waals surface area contributed by atoms with Crippen LogP contribution in [0.2, 0.25) is 0 Å². The molecule has 0 aliphatic carbocycles. The molecule has 2 aromatic rings. The maximum Gasteiger partial charge on any atom is 0.124 e. The van der Waals surface area contributed by atoms with Gasteiger partial charge in [0.2, 0.25) is 0 Å². The minimum atomic E-state index is 0.594.